The van der Waals surface area contributed by atoms with Gasteiger partial charge in [0.25, 0.3) is 0 Å². The van der Waals surface area contributed by atoms with Gasteiger partial charge in [0, 0.05) is 19.6 Å². The zero-order valence-corrected chi connectivity index (χ0v) is 13.1. The van der Waals surface area contributed by atoms with Crippen molar-refractivity contribution in [1.82, 2.24) is 9.80 Å². The minimum Gasteiger partial charge on any atom is -0.496 e. The molecule has 1 aromatic rings. The van der Waals surface area contributed by atoms with Gasteiger partial charge in [0.1, 0.15) is 5.75 Å². The summed E-state index contributed by atoms with van der Waals surface area (Å²) in [5.74, 6) is 1.11. The first-order valence-corrected chi connectivity index (χ1v) is 7.20. The minimum absolute atomic E-state index is 0.192. The molecule has 1 aromatic carbocycles. The molecule has 0 aromatic heterocycles. The highest BCUT2D eigenvalue weighted by Crippen LogP contribution is 2.17. The average Bonchev–Trinajstić information content (AvgIpc) is 2.46. The monoisotopic (exact) mass is 278 g/mol. The van der Waals surface area contributed by atoms with Crippen molar-refractivity contribution in [3.05, 3.63) is 29.8 Å². The van der Waals surface area contributed by atoms with Crippen molar-refractivity contribution in [2.24, 2.45) is 0 Å². The Bertz CT molecular complexity index is 417. The van der Waals surface area contributed by atoms with Gasteiger partial charge in [-0.2, -0.15) is 0 Å². The highest BCUT2D eigenvalue weighted by molar-refractivity contribution is 5.78. The lowest BCUT2D eigenvalue weighted by Gasteiger charge is -2.23. The van der Waals surface area contributed by atoms with Crippen molar-refractivity contribution >= 4 is 5.91 Å². The van der Waals surface area contributed by atoms with Crippen molar-refractivity contribution in [1.29, 1.82) is 0 Å². The van der Waals surface area contributed by atoms with Crippen LogP contribution in [-0.4, -0.2) is 56.0 Å². The summed E-state index contributed by atoms with van der Waals surface area (Å²) in [6.45, 7) is 6.88. The summed E-state index contributed by atoms with van der Waals surface area (Å²) < 4.78 is 5.34. The quantitative estimate of drug-likeness (QED) is 0.729. The Morgan fingerprint density at radius 3 is 2.45 bits per heavy atom. The minimum atomic E-state index is 0.192. The molecule has 0 saturated heterocycles. The molecular weight excluding hydrogens is 252 g/mol. The molecule has 4 nitrogen and oxygen atoms in total. The van der Waals surface area contributed by atoms with Gasteiger partial charge < -0.3 is 9.64 Å². The summed E-state index contributed by atoms with van der Waals surface area (Å²) >= 11 is 0. The largest absolute Gasteiger partial charge is 0.496 e. The number of amides is 1. The van der Waals surface area contributed by atoms with Crippen molar-refractivity contribution in [3.63, 3.8) is 0 Å². The summed E-state index contributed by atoms with van der Waals surface area (Å²) in [5.41, 5.74) is 1.18. The van der Waals surface area contributed by atoms with Crippen molar-refractivity contribution in [2.75, 3.05) is 40.3 Å². The molecule has 0 fully saturated rings. The third kappa shape index (κ3) is 4.85. The number of benzene rings is 1. The molecule has 0 heterocycles. The Kier molecular flexibility index (Phi) is 7.09. The zero-order valence-electron chi connectivity index (χ0n) is 13.1. The number of likely N-dealkylation sites (N-methyl/N-ethyl adjacent to an activating group) is 2. The molecule has 0 aliphatic rings. The number of para-hydroxylation sites is 1. The molecule has 0 radical (unpaired) electrons. The van der Waals surface area contributed by atoms with Crippen LogP contribution in [0.3, 0.4) is 0 Å². The lowest BCUT2D eigenvalue weighted by atomic mass is 10.1. The van der Waals surface area contributed by atoms with Crippen LogP contribution >= 0.6 is 0 Å². The van der Waals surface area contributed by atoms with E-state index in [0.29, 0.717) is 6.54 Å². The molecule has 4 heteroatoms. The van der Waals surface area contributed by atoms with Gasteiger partial charge in [-0.25, -0.2) is 0 Å². The van der Waals surface area contributed by atoms with Gasteiger partial charge in [-0.3, -0.25) is 9.69 Å². The van der Waals surface area contributed by atoms with Crippen molar-refractivity contribution in [3.8, 4) is 5.75 Å². The van der Waals surface area contributed by atoms with Gasteiger partial charge in [0.15, 0.2) is 0 Å². The molecule has 0 aliphatic heterocycles. The molecule has 112 valence electrons. The van der Waals surface area contributed by atoms with Gasteiger partial charge >= 0.3 is 0 Å². The zero-order chi connectivity index (χ0) is 15.0. The summed E-state index contributed by atoms with van der Waals surface area (Å²) in [7, 11) is 3.67. The van der Waals surface area contributed by atoms with Crippen LogP contribution in [-0.2, 0) is 11.2 Å². The summed E-state index contributed by atoms with van der Waals surface area (Å²) in [6, 6.07) is 8.02. The molecule has 0 aliphatic carbocycles. The normalized spacial score (nSPS) is 10.7. The van der Waals surface area contributed by atoms with E-state index in [1.165, 1.54) is 5.56 Å². The predicted molar refractivity (Wildman–Crippen MR) is 82.1 cm³/mol. The number of methoxy groups -OCH3 is 1. The molecular formula is C16H26N2O2. The highest BCUT2D eigenvalue weighted by atomic mass is 16.5. The number of rotatable bonds is 8. The van der Waals surface area contributed by atoms with Gasteiger partial charge in [0.2, 0.25) is 5.91 Å². The third-order valence-electron chi connectivity index (χ3n) is 3.48. The highest BCUT2D eigenvalue weighted by Gasteiger charge is 2.12. The first-order chi connectivity index (χ1) is 9.62. The number of hydrogen-bond acceptors (Lipinski definition) is 3. The van der Waals surface area contributed by atoms with Crippen molar-refractivity contribution < 1.29 is 9.53 Å². The third-order valence-corrected chi connectivity index (χ3v) is 3.48. The fourth-order valence-corrected chi connectivity index (χ4v) is 2.21. The van der Waals surface area contributed by atoms with Gasteiger partial charge in [-0.1, -0.05) is 18.2 Å². The molecule has 1 rings (SSSR count). The Labute approximate surface area is 122 Å². The predicted octanol–water partition coefficient (Wildman–Crippen LogP) is 2.04. The topological polar surface area (TPSA) is 32.8 Å². The summed E-state index contributed by atoms with van der Waals surface area (Å²) in [5, 5.41) is 0. The number of carbonyl (C=O) groups excluding carboxylic acids is 1. The Morgan fingerprint density at radius 2 is 1.85 bits per heavy atom. The standard InChI is InChI=1S/C16H26N2O2/c1-5-18(6-2)16(19)13-17(3)12-11-14-9-7-8-10-15(14)20-4/h7-10H,5-6,11-13H2,1-4H3. The summed E-state index contributed by atoms with van der Waals surface area (Å²) in [6.07, 6.45) is 0.881. The van der Waals surface area contributed by atoms with Crippen LogP contribution in [0.1, 0.15) is 19.4 Å². The van der Waals surface area contributed by atoms with E-state index >= 15 is 0 Å². The van der Waals surface area contributed by atoms with E-state index in [4.69, 9.17) is 4.74 Å². The second kappa shape index (κ2) is 8.59. The van der Waals surface area contributed by atoms with Crippen LogP contribution in [0.15, 0.2) is 24.3 Å². The van der Waals surface area contributed by atoms with Gasteiger partial charge in [0.05, 0.1) is 13.7 Å². The second-order valence-electron chi connectivity index (χ2n) is 4.87. The van der Waals surface area contributed by atoms with Crippen LogP contribution in [0.25, 0.3) is 0 Å². The first-order valence-electron chi connectivity index (χ1n) is 7.20. The lowest BCUT2D eigenvalue weighted by Crippen LogP contribution is -2.39. The molecule has 1 amide bonds. The van der Waals surface area contributed by atoms with E-state index in [1.807, 2.05) is 44.0 Å². The fourth-order valence-electron chi connectivity index (χ4n) is 2.21. The Morgan fingerprint density at radius 1 is 1.20 bits per heavy atom. The van der Waals surface area contributed by atoms with Crippen LogP contribution in [0.5, 0.6) is 5.75 Å². The lowest BCUT2D eigenvalue weighted by molar-refractivity contribution is -0.131. The molecule has 0 N–H and O–H groups in total. The van der Waals surface area contributed by atoms with Crippen LogP contribution in [0.2, 0.25) is 0 Å². The van der Waals surface area contributed by atoms with Gasteiger partial charge in [-0.15, -0.1) is 0 Å². The average molecular weight is 278 g/mol. The number of ether oxygens (including phenoxy) is 1. The Hall–Kier alpha value is -1.55. The van der Waals surface area contributed by atoms with E-state index in [1.54, 1.807) is 7.11 Å². The maximum atomic E-state index is 12.0. The van der Waals surface area contributed by atoms with Crippen molar-refractivity contribution in [2.45, 2.75) is 20.3 Å². The van der Waals surface area contributed by atoms with E-state index in [0.717, 1.165) is 31.8 Å². The maximum absolute atomic E-state index is 12.0. The molecule has 0 atom stereocenters. The van der Waals surface area contributed by atoms with E-state index in [-0.39, 0.29) is 5.91 Å². The molecule has 0 unspecified atom stereocenters. The van der Waals surface area contributed by atoms with E-state index in [9.17, 15) is 4.79 Å². The van der Waals surface area contributed by atoms with Crippen LogP contribution < -0.4 is 4.74 Å². The van der Waals surface area contributed by atoms with E-state index < -0.39 is 0 Å². The van der Waals surface area contributed by atoms with Gasteiger partial charge in [-0.05, 0) is 38.9 Å². The first kappa shape index (κ1) is 16.5. The number of carbonyl (C=O) groups is 1. The SMILES string of the molecule is CCN(CC)C(=O)CN(C)CCc1ccccc1OC. The molecule has 0 spiro atoms. The maximum Gasteiger partial charge on any atom is 0.236 e. The fraction of sp³-hybridized carbons (Fsp3) is 0.562. The van der Waals surface area contributed by atoms with E-state index in [2.05, 4.69) is 11.0 Å². The number of nitrogens with zero attached hydrogens (tertiary/aromatic N) is 2. The molecule has 20 heavy (non-hydrogen) atoms. The number of hydrogen-bond donors (Lipinski definition) is 0. The second-order valence-corrected chi connectivity index (χ2v) is 4.87. The Balaban J connectivity index is 2.47. The molecule has 0 saturated carbocycles. The molecule has 0 bridgehead atoms. The van der Waals surface area contributed by atoms with Crippen LogP contribution in [0.4, 0.5) is 0 Å². The van der Waals surface area contributed by atoms with Crippen LogP contribution in [0, 0.1) is 0 Å². The summed E-state index contributed by atoms with van der Waals surface area (Å²) in [4.78, 5) is 15.9. The smallest absolute Gasteiger partial charge is 0.236 e.